The largest absolute Gasteiger partial charge is 0.396 e. The average molecular weight is 338 g/mol. The summed E-state index contributed by atoms with van der Waals surface area (Å²) in [6, 6.07) is 0.579. The van der Waals surface area contributed by atoms with Crippen molar-refractivity contribution in [2.24, 2.45) is 5.73 Å². The van der Waals surface area contributed by atoms with Crippen molar-refractivity contribution in [2.75, 3.05) is 25.5 Å². The van der Waals surface area contributed by atoms with Crippen LogP contribution in [0, 0.1) is 5.82 Å². The fourth-order valence-corrected chi connectivity index (χ4v) is 4.06. The molecule has 1 fully saturated rings. The fraction of sp³-hybridized carbons (Fsp3) is 0.364. The van der Waals surface area contributed by atoms with Crippen molar-refractivity contribution >= 4 is 33.2 Å². The second kappa shape index (κ2) is 5.76. The monoisotopic (exact) mass is 337 g/mol. The molecule has 0 aromatic heterocycles. The van der Waals surface area contributed by atoms with E-state index in [2.05, 4.69) is 0 Å². The Kier molecular flexibility index (Phi) is 4.38. The smallest absolute Gasteiger partial charge is 0.245 e. The highest BCUT2D eigenvalue weighted by molar-refractivity contribution is 7.89. The van der Waals surface area contributed by atoms with Crippen LogP contribution < -0.4 is 11.5 Å². The summed E-state index contributed by atoms with van der Waals surface area (Å²) in [7, 11) is -4.15. The Balaban J connectivity index is 2.50. The lowest BCUT2D eigenvalue weighted by atomic mass is 10.3. The zero-order valence-electron chi connectivity index (χ0n) is 10.8. The summed E-state index contributed by atoms with van der Waals surface area (Å²) in [6.07, 6.45) is 0. The van der Waals surface area contributed by atoms with Crippen LogP contribution in [0.15, 0.2) is 17.0 Å². The maximum absolute atomic E-state index is 13.3. The molecular formula is C11H13ClFN3O4S. The second-order valence-corrected chi connectivity index (χ2v) is 6.68. The fourth-order valence-electron chi connectivity index (χ4n) is 1.97. The molecule has 1 aromatic rings. The van der Waals surface area contributed by atoms with E-state index in [4.69, 9.17) is 27.8 Å². The molecule has 0 radical (unpaired) electrons. The highest BCUT2D eigenvalue weighted by atomic mass is 35.5. The van der Waals surface area contributed by atoms with Crippen LogP contribution in [-0.2, 0) is 19.6 Å². The van der Waals surface area contributed by atoms with E-state index in [1.165, 1.54) is 0 Å². The maximum atomic E-state index is 13.3. The van der Waals surface area contributed by atoms with Gasteiger partial charge in [-0.25, -0.2) is 12.8 Å². The number of halogens is 2. The molecule has 116 valence electrons. The lowest BCUT2D eigenvalue weighted by Crippen LogP contribution is -2.54. The SMILES string of the molecule is NC(=O)C1COCCN1S(=O)(=O)c1cc(N)c(F)cc1Cl. The molecule has 7 nitrogen and oxygen atoms in total. The number of ether oxygens (including phenoxy) is 1. The maximum Gasteiger partial charge on any atom is 0.245 e. The Labute approximate surface area is 125 Å². The molecular weight excluding hydrogens is 325 g/mol. The third-order valence-corrected chi connectivity index (χ3v) is 5.42. The predicted octanol–water partition coefficient (Wildman–Crippen LogP) is -0.0639. The topological polar surface area (TPSA) is 116 Å². The Morgan fingerprint density at radius 3 is 2.76 bits per heavy atom. The number of nitrogens with zero attached hydrogens (tertiary/aromatic N) is 1. The van der Waals surface area contributed by atoms with E-state index in [9.17, 15) is 17.6 Å². The van der Waals surface area contributed by atoms with Crippen LogP contribution in [0.1, 0.15) is 0 Å². The van der Waals surface area contributed by atoms with Gasteiger partial charge in [-0.05, 0) is 12.1 Å². The minimum absolute atomic E-state index is 0.0659. The van der Waals surface area contributed by atoms with Crippen molar-refractivity contribution in [3.63, 3.8) is 0 Å². The van der Waals surface area contributed by atoms with Crippen LogP contribution in [0.4, 0.5) is 10.1 Å². The number of benzene rings is 1. The van der Waals surface area contributed by atoms with Gasteiger partial charge in [0.25, 0.3) is 0 Å². The molecule has 1 saturated heterocycles. The van der Waals surface area contributed by atoms with Crippen molar-refractivity contribution in [1.82, 2.24) is 4.31 Å². The zero-order chi connectivity index (χ0) is 15.8. The van der Waals surface area contributed by atoms with E-state index in [0.717, 1.165) is 16.4 Å². The molecule has 0 saturated carbocycles. The molecule has 1 atom stereocenters. The highest BCUT2D eigenvalue weighted by Gasteiger charge is 2.38. The first-order valence-corrected chi connectivity index (χ1v) is 7.70. The molecule has 1 unspecified atom stereocenters. The van der Waals surface area contributed by atoms with Crippen LogP contribution >= 0.6 is 11.6 Å². The number of primary amides is 1. The van der Waals surface area contributed by atoms with Gasteiger partial charge in [-0.3, -0.25) is 4.79 Å². The van der Waals surface area contributed by atoms with Crippen molar-refractivity contribution in [1.29, 1.82) is 0 Å². The number of morpholine rings is 1. The number of hydrogen-bond acceptors (Lipinski definition) is 5. The van der Waals surface area contributed by atoms with Crippen molar-refractivity contribution in [3.05, 3.63) is 23.0 Å². The van der Waals surface area contributed by atoms with Gasteiger partial charge in [0, 0.05) is 6.54 Å². The molecule has 0 bridgehead atoms. The molecule has 1 aliphatic heterocycles. The first kappa shape index (κ1) is 16.0. The summed E-state index contributed by atoms with van der Waals surface area (Å²) < 4.78 is 44.4. The predicted molar refractivity (Wildman–Crippen MR) is 73.5 cm³/mol. The number of hydrogen-bond donors (Lipinski definition) is 2. The summed E-state index contributed by atoms with van der Waals surface area (Å²) in [5.74, 6) is -1.67. The quantitative estimate of drug-likeness (QED) is 0.749. The highest BCUT2D eigenvalue weighted by Crippen LogP contribution is 2.30. The van der Waals surface area contributed by atoms with E-state index < -0.39 is 27.8 Å². The van der Waals surface area contributed by atoms with Gasteiger partial charge in [-0.15, -0.1) is 0 Å². The summed E-state index contributed by atoms with van der Waals surface area (Å²) in [5, 5.41) is -0.323. The Hall–Kier alpha value is -1.42. The first-order chi connectivity index (χ1) is 9.75. The third kappa shape index (κ3) is 2.95. The van der Waals surface area contributed by atoms with E-state index in [-0.39, 0.29) is 35.4 Å². The van der Waals surface area contributed by atoms with Gasteiger partial charge in [-0.1, -0.05) is 11.6 Å². The van der Waals surface area contributed by atoms with Crippen molar-refractivity contribution in [3.8, 4) is 0 Å². The van der Waals surface area contributed by atoms with Crippen LogP contribution in [0.2, 0.25) is 5.02 Å². The molecule has 1 aliphatic rings. The summed E-state index contributed by atoms with van der Waals surface area (Å²) >= 11 is 5.78. The number of nitrogen functional groups attached to an aromatic ring is 1. The van der Waals surface area contributed by atoms with Crippen molar-refractivity contribution in [2.45, 2.75) is 10.9 Å². The summed E-state index contributed by atoms with van der Waals surface area (Å²) in [4.78, 5) is 11.0. The molecule has 10 heteroatoms. The zero-order valence-corrected chi connectivity index (χ0v) is 12.3. The van der Waals surface area contributed by atoms with Gasteiger partial charge in [0.2, 0.25) is 15.9 Å². The molecule has 1 amide bonds. The van der Waals surface area contributed by atoms with Gasteiger partial charge in [0.15, 0.2) is 0 Å². The lowest BCUT2D eigenvalue weighted by Gasteiger charge is -2.32. The van der Waals surface area contributed by atoms with E-state index in [1.54, 1.807) is 0 Å². The third-order valence-electron chi connectivity index (χ3n) is 3.05. The van der Waals surface area contributed by atoms with E-state index >= 15 is 0 Å². The molecule has 0 spiro atoms. The summed E-state index contributed by atoms with van der Waals surface area (Å²) in [5.41, 5.74) is 10.2. The number of amides is 1. The van der Waals surface area contributed by atoms with Gasteiger partial charge in [0.1, 0.15) is 16.8 Å². The number of rotatable bonds is 3. The number of sulfonamides is 1. The average Bonchev–Trinajstić information content (AvgIpc) is 2.42. The van der Waals surface area contributed by atoms with Crippen LogP contribution in [-0.4, -0.2) is 44.4 Å². The molecule has 2 rings (SSSR count). The van der Waals surface area contributed by atoms with Gasteiger partial charge < -0.3 is 16.2 Å². The number of carbonyl (C=O) groups excluding carboxylic acids is 1. The van der Waals surface area contributed by atoms with Crippen LogP contribution in [0.3, 0.4) is 0 Å². The Morgan fingerprint density at radius 2 is 2.14 bits per heavy atom. The Bertz CT molecular complexity index is 682. The van der Waals surface area contributed by atoms with E-state index in [0.29, 0.717) is 0 Å². The Morgan fingerprint density at radius 1 is 1.48 bits per heavy atom. The lowest BCUT2D eigenvalue weighted by molar-refractivity contribution is -0.125. The normalized spacial score (nSPS) is 20.4. The number of anilines is 1. The summed E-state index contributed by atoms with van der Waals surface area (Å²) in [6.45, 7) is -0.107. The molecule has 4 N–H and O–H groups in total. The minimum Gasteiger partial charge on any atom is -0.396 e. The molecule has 21 heavy (non-hydrogen) atoms. The van der Waals surface area contributed by atoms with Gasteiger partial charge in [0.05, 0.1) is 23.9 Å². The van der Waals surface area contributed by atoms with Gasteiger partial charge >= 0.3 is 0 Å². The van der Waals surface area contributed by atoms with E-state index in [1.807, 2.05) is 0 Å². The van der Waals surface area contributed by atoms with Crippen LogP contribution in [0.25, 0.3) is 0 Å². The standard InChI is InChI=1S/C11H13ClFN3O4S/c12-6-3-7(13)8(14)4-10(6)21(18,19)16-1-2-20-5-9(16)11(15)17/h3-4,9H,1-2,5,14H2,(H2,15,17). The molecule has 1 aromatic carbocycles. The molecule has 1 heterocycles. The van der Waals surface area contributed by atoms with Crippen LogP contribution in [0.5, 0.6) is 0 Å². The second-order valence-electron chi connectivity index (χ2n) is 4.41. The number of carbonyl (C=O) groups is 1. The minimum atomic E-state index is -4.15. The molecule has 0 aliphatic carbocycles. The number of nitrogens with two attached hydrogens (primary N) is 2. The van der Waals surface area contributed by atoms with Gasteiger partial charge in [-0.2, -0.15) is 4.31 Å². The first-order valence-electron chi connectivity index (χ1n) is 5.88. The van der Waals surface area contributed by atoms with Crippen molar-refractivity contribution < 1.29 is 22.3 Å².